The average Bonchev–Trinajstić information content (AvgIpc) is 3.34. The summed E-state index contributed by atoms with van der Waals surface area (Å²) in [7, 11) is 0. The molecule has 2 N–H and O–H groups in total. The van der Waals surface area contributed by atoms with E-state index in [9.17, 15) is 9.59 Å². The number of aromatic nitrogens is 2. The molecule has 1 fully saturated rings. The summed E-state index contributed by atoms with van der Waals surface area (Å²) in [6.07, 6.45) is 9.84. The van der Waals surface area contributed by atoms with Crippen LogP contribution in [0.2, 0.25) is 5.02 Å². The molecule has 176 valence electrons. The molecular weight excluding hydrogens is 450 g/mol. The van der Waals surface area contributed by atoms with Crippen LogP contribution in [0.25, 0.3) is 11.3 Å². The molecule has 34 heavy (non-hydrogen) atoms. The zero-order valence-electron chi connectivity index (χ0n) is 19.1. The molecular formula is C27H28ClN3O3. The van der Waals surface area contributed by atoms with Crippen molar-refractivity contribution in [2.45, 2.75) is 51.4 Å². The number of aliphatic carboxylic acids is 1. The molecule has 1 aliphatic rings. The minimum Gasteiger partial charge on any atom is -0.481 e. The maximum Gasteiger partial charge on any atom is 0.303 e. The number of amides is 1. The van der Waals surface area contributed by atoms with Crippen molar-refractivity contribution >= 4 is 29.2 Å². The number of carbonyl (C=O) groups excluding carboxylic acids is 1. The lowest BCUT2D eigenvalue weighted by Gasteiger charge is -2.24. The van der Waals surface area contributed by atoms with E-state index in [0.29, 0.717) is 11.4 Å². The predicted octanol–water partition coefficient (Wildman–Crippen LogP) is 6.04. The number of carboxylic acid groups (broad SMARTS) is 1. The van der Waals surface area contributed by atoms with Gasteiger partial charge in [-0.25, -0.2) is 0 Å². The highest BCUT2D eigenvalue weighted by Crippen LogP contribution is 2.38. The molecule has 0 radical (unpaired) electrons. The van der Waals surface area contributed by atoms with Crippen LogP contribution in [0.15, 0.2) is 55.0 Å². The van der Waals surface area contributed by atoms with Crippen molar-refractivity contribution in [2.24, 2.45) is 5.92 Å². The number of anilines is 1. The number of hydrogen-bond donors (Lipinski definition) is 2. The Hall–Kier alpha value is -3.25. The van der Waals surface area contributed by atoms with E-state index in [1.54, 1.807) is 18.6 Å². The average molecular weight is 478 g/mol. The maximum absolute atomic E-state index is 13.6. The zero-order valence-corrected chi connectivity index (χ0v) is 19.9. The number of carbonyl (C=O) groups is 2. The fourth-order valence-corrected chi connectivity index (χ4v) is 4.96. The van der Waals surface area contributed by atoms with Crippen molar-refractivity contribution in [2.75, 3.05) is 5.32 Å². The second kappa shape index (κ2) is 10.8. The number of nitrogens with zero attached hydrogens (tertiary/aromatic N) is 2. The molecule has 2 heterocycles. The van der Waals surface area contributed by atoms with E-state index in [-0.39, 0.29) is 24.2 Å². The molecule has 0 bridgehead atoms. The van der Waals surface area contributed by atoms with Gasteiger partial charge in [-0.15, -0.1) is 0 Å². The molecule has 0 aliphatic heterocycles. The Morgan fingerprint density at radius 1 is 1.15 bits per heavy atom. The predicted molar refractivity (Wildman–Crippen MR) is 133 cm³/mol. The minimum atomic E-state index is -0.834. The van der Waals surface area contributed by atoms with Gasteiger partial charge in [0.15, 0.2) is 0 Å². The first-order valence-corrected chi connectivity index (χ1v) is 12.0. The molecule has 0 spiro atoms. The number of aryl methyl sites for hydroxylation is 1. The lowest BCUT2D eigenvalue weighted by molar-refractivity contribution is -0.137. The summed E-state index contributed by atoms with van der Waals surface area (Å²) in [5.41, 5.74) is 5.04. The third-order valence-corrected chi connectivity index (χ3v) is 6.82. The van der Waals surface area contributed by atoms with Gasteiger partial charge in [0, 0.05) is 36.3 Å². The Kier molecular flexibility index (Phi) is 7.58. The number of benzene rings is 1. The first kappa shape index (κ1) is 23.9. The molecule has 6 nitrogen and oxygen atoms in total. The fourth-order valence-electron chi connectivity index (χ4n) is 4.78. The quantitative estimate of drug-likeness (QED) is 0.413. The number of hydrogen-bond acceptors (Lipinski definition) is 4. The molecule has 1 aliphatic carbocycles. The van der Waals surface area contributed by atoms with E-state index >= 15 is 0 Å². The van der Waals surface area contributed by atoms with Crippen molar-refractivity contribution in [3.63, 3.8) is 0 Å². The number of pyridine rings is 2. The van der Waals surface area contributed by atoms with Crippen molar-refractivity contribution in [1.82, 2.24) is 9.97 Å². The van der Waals surface area contributed by atoms with E-state index in [0.717, 1.165) is 59.3 Å². The van der Waals surface area contributed by atoms with Gasteiger partial charge >= 0.3 is 5.97 Å². The largest absolute Gasteiger partial charge is 0.481 e. The van der Waals surface area contributed by atoms with Crippen molar-refractivity contribution in [1.29, 1.82) is 0 Å². The Labute approximate surface area is 204 Å². The third-order valence-electron chi connectivity index (χ3n) is 6.61. The molecule has 1 aromatic carbocycles. The fraction of sp³-hybridized carbons (Fsp3) is 0.333. The summed E-state index contributed by atoms with van der Waals surface area (Å²) in [5, 5.41) is 12.7. The lowest BCUT2D eigenvalue weighted by Crippen LogP contribution is -2.27. The Morgan fingerprint density at radius 3 is 2.62 bits per heavy atom. The standard InChI is InChI=1S/C27H28ClN3O3/c1-17-18(10-12-25(32)33)7-4-8-23(17)31-27(34)26(19-5-2-3-6-19)20-9-11-24(30-15-20)21-13-22(28)16-29-14-21/h4,7-9,11,13-16,19,26H,2-3,5-6,10,12H2,1H3,(H,31,34)(H,32,33). The van der Waals surface area contributed by atoms with Gasteiger partial charge in [0.25, 0.3) is 0 Å². The monoisotopic (exact) mass is 477 g/mol. The van der Waals surface area contributed by atoms with Crippen LogP contribution in [0.1, 0.15) is 54.7 Å². The van der Waals surface area contributed by atoms with Crippen molar-refractivity contribution in [3.8, 4) is 11.3 Å². The summed E-state index contributed by atoms with van der Waals surface area (Å²) in [6.45, 7) is 1.92. The minimum absolute atomic E-state index is 0.0515. The molecule has 0 saturated heterocycles. The van der Waals surface area contributed by atoms with E-state index in [1.165, 1.54) is 0 Å². The van der Waals surface area contributed by atoms with Gasteiger partial charge in [-0.1, -0.05) is 42.6 Å². The number of halogens is 1. The van der Waals surface area contributed by atoms with Crippen LogP contribution < -0.4 is 5.32 Å². The molecule has 7 heteroatoms. The summed E-state index contributed by atoms with van der Waals surface area (Å²) < 4.78 is 0. The first-order chi connectivity index (χ1) is 16.4. The van der Waals surface area contributed by atoms with E-state index in [4.69, 9.17) is 16.7 Å². The Bertz CT molecular complexity index is 1170. The summed E-state index contributed by atoms with van der Waals surface area (Å²) in [4.78, 5) is 33.3. The van der Waals surface area contributed by atoms with Gasteiger partial charge in [-0.2, -0.15) is 0 Å². The van der Waals surface area contributed by atoms with Gasteiger partial charge in [-0.3, -0.25) is 19.6 Å². The normalized spacial score (nSPS) is 14.6. The molecule has 1 unspecified atom stereocenters. The van der Waals surface area contributed by atoms with Crippen LogP contribution in [-0.2, 0) is 16.0 Å². The zero-order chi connectivity index (χ0) is 24.1. The van der Waals surface area contributed by atoms with Crippen molar-refractivity contribution in [3.05, 3.63) is 76.7 Å². The van der Waals surface area contributed by atoms with Crippen LogP contribution in [0.4, 0.5) is 5.69 Å². The highest BCUT2D eigenvalue weighted by molar-refractivity contribution is 6.30. The van der Waals surface area contributed by atoms with Crippen LogP contribution in [0, 0.1) is 12.8 Å². The van der Waals surface area contributed by atoms with Crippen LogP contribution in [0.3, 0.4) is 0 Å². The topological polar surface area (TPSA) is 92.2 Å². The van der Waals surface area contributed by atoms with Gasteiger partial charge < -0.3 is 10.4 Å². The van der Waals surface area contributed by atoms with Gasteiger partial charge in [-0.05, 0) is 67.0 Å². The molecule has 1 atom stereocenters. The van der Waals surface area contributed by atoms with Crippen LogP contribution in [-0.4, -0.2) is 27.0 Å². The molecule has 3 aromatic rings. The highest BCUT2D eigenvalue weighted by Gasteiger charge is 2.32. The van der Waals surface area contributed by atoms with Crippen molar-refractivity contribution < 1.29 is 14.7 Å². The number of rotatable bonds is 8. The third kappa shape index (κ3) is 5.62. The lowest BCUT2D eigenvalue weighted by atomic mass is 9.84. The van der Waals surface area contributed by atoms with Crippen LogP contribution in [0.5, 0.6) is 0 Å². The molecule has 1 saturated carbocycles. The number of carboxylic acids is 1. The maximum atomic E-state index is 13.6. The smallest absolute Gasteiger partial charge is 0.303 e. The van der Waals surface area contributed by atoms with Gasteiger partial charge in [0.1, 0.15) is 0 Å². The SMILES string of the molecule is Cc1c(CCC(=O)O)cccc1NC(=O)C(c1ccc(-c2cncc(Cl)c2)nc1)C1CCCC1. The molecule has 4 rings (SSSR count). The molecule has 2 aromatic heterocycles. The van der Waals surface area contributed by atoms with E-state index < -0.39 is 5.97 Å². The second-order valence-electron chi connectivity index (χ2n) is 8.86. The summed E-state index contributed by atoms with van der Waals surface area (Å²) >= 11 is 6.07. The Morgan fingerprint density at radius 2 is 1.94 bits per heavy atom. The highest BCUT2D eigenvalue weighted by atomic mass is 35.5. The van der Waals surface area contributed by atoms with E-state index in [1.807, 2.05) is 43.3 Å². The van der Waals surface area contributed by atoms with Gasteiger partial charge in [0.05, 0.1) is 16.6 Å². The summed E-state index contributed by atoms with van der Waals surface area (Å²) in [6, 6.07) is 11.3. The Balaban J connectivity index is 1.58. The second-order valence-corrected chi connectivity index (χ2v) is 9.30. The van der Waals surface area contributed by atoms with Gasteiger partial charge in [0.2, 0.25) is 5.91 Å². The summed E-state index contributed by atoms with van der Waals surface area (Å²) in [5.74, 6) is -0.927. The van der Waals surface area contributed by atoms with Crippen LogP contribution >= 0.6 is 11.6 Å². The molecule has 1 amide bonds. The first-order valence-electron chi connectivity index (χ1n) is 11.6. The number of nitrogens with one attached hydrogen (secondary N) is 1. The van der Waals surface area contributed by atoms with E-state index in [2.05, 4.69) is 15.3 Å².